The normalized spacial score (nSPS) is 10.0. The maximum atomic E-state index is 11.6. The number of aromatic nitrogens is 2. The predicted octanol–water partition coefficient (Wildman–Crippen LogP) is 0.582. The van der Waals surface area contributed by atoms with Gasteiger partial charge in [0.25, 0.3) is 5.91 Å². The number of nitrogens with one attached hydrogen (secondary N) is 1. The van der Waals surface area contributed by atoms with Crippen LogP contribution in [0.15, 0.2) is 35.2 Å². The van der Waals surface area contributed by atoms with E-state index < -0.39 is 0 Å². The molecule has 0 atom stereocenters. The Kier molecular flexibility index (Phi) is 2.81. The zero-order chi connectivity index (χ0) is 11.4. The van der Waals surface area contributed by atoms with E-state index in [1.807, 2.05) is 0 Å². The molecular formula is C10H10N4O2. The lowest BCUT2D eigenvalue weighted by Crippen LogP contribution is -2.23. The van der Waals surface area contributed by atoms with Crippen molar-refractivity contribution in [2.75, 3.05) is 5.73 Å². The van der Waals surface area contributed by atoms with Crippen LogP contribution < -0.4 is 11.1 Å². The number of carbonyl (C=O) groups excluding carboxylic acids is 1. The van der Waals surface area contributed by atoms with Crippen LogP contribution in [0.25, 0.3) is 0 Å². The molecule has 0 aliphatic rings. The van der Waals surface area contributed by atoms with Crippen molar-refractivity contribution in [2.45, 2.75) is 6.54 Å². The lowest BCUT2D eigenvalue weighted by Gasteiger charge is -2.02. The van der Waals surface area contributed by atoms with Crippen LogP contribution in [0.3, 0.4) is 0 Å². The molecule has 0 spiro atoms. The summed E-state index contributed by atoms with van der Waals surface area (Å²) < 4.78 is 4.64. The van der Waals surface area contributed by atoms with E-state index in [0.717, 1.165) is 0 Å². The van der Waals surface area contributed by atoms with Gasteiger partial charge in [0.2, 0.25) is 0 Å². The van der Waals surface area contributed by atoms with Crippen LogP contribution in [0.1, 0.15) is 16.1 Å². The standard InChI is InChI=1S/C10H10N4O2/c11-9-2-1-7(5-12-9)10(15)13-6-8-3-4-16-14-8/h1-5H,6H2,(H2,11,12)(H,13,15). The summed E-state index contributed by atoms with van der Waals surface area (Å²) in [6.45, 7) is 0.319. The van der Waals surface area contributed by atoms with Crippen molar-refractivity contribution in [3.63, 3.8) is 0 Å². The Morgan fingerprint density at radius 3 is 2.94 bits per heavy atom. The second-order valence-corrected chi connectivity index (χ2v) is 3.15. The van der Waals surface area contributed by atoms with Crippen LogP contribution in [-0.4, -0.2) is 16.0 Å². The van der Waals surface area contributed by atoms with Gasteiger partial charge in [-0.25, -0.2) is 4.98 Å². The van der Waals surface area contributed by atoms with E-state index in [4.69, 9.17) is 5.73 Å². The summed E-state index contributed by atoms with van der Waals surface area (Å²) in [5.74, 6) is 0.156. The molecule has 2 rings (SSSR count). The van der Waals surface area contributed by atoms with Gasteiger partial charge in [0.15, 0.2) is 0 Å². The van der Waals surface area contributed by atoms with E-state index in [1.54, 1.807) is 18.2 Å². The van der Waals surface area contributed by atoms with Gasteiger partial charge in [-0.3, -0.25) is 4.79 Å². The zero-order valence-corrected chi connectivity index (χ0v) is 8.38. The summed E-state index contributed by atoms with van der Waals surface area (Å²) in [4.78, 5) is 15.4. The first-order valence-electron chi connectivity index (χ1n) is 4.64. The minimum atomic E-state index is -0.226. The first-order valence-corrected chi connectivity index (χ1v) is 4.64. The van der Waals surface area contributed by atoms with E-state index in [2.05, 4.69) is 20.0 Å². The average Bonchev–Trinajstić information content (AvgIpc) is 2.80. The number of amides is 1. The maximum Gasteiger partial charge on any atom is 0.253 e. The first-order chi connectivity index (χ1) is 7.75. The van der Waals surface area contributed by atoms with Crippen LogP contribution in [0.4, 0.5) is 5.82 Å². The number of hydrogen-bond acceptors (Lipinski definition) is 5. The average molecular weight is 218 g/mol. The number of nitrogens with two attached hydrogens (primary N) is 1. The van der Waals surface area contributed by atoms with E-state index in [1.165, 1.54) is 12.5 Å². The predicted molar refractivity (Wildman–Crippen MR) is 56.3 cm³/mol. The van der Waals surface area contributed by atoms with Crippen molar-refractivity contribution in [3.05, 3.63) is 41.9 Å². The molecule has 16 heavy (non-hydrogen) atoms. The molecule has 2 aromatic heterocycles. The molecule has 3 N–H and O–H groups in total. The third kappa shape index (κ3) is 2.35. The lowest BCUT2D eigenvalue weighted by atomic mass is 10.2. The highest BCUT2D eigenvalue weighted by Crippen LogP contribution is 2.01. The maximum absolute atomic E-state index is 11.6. The molecular weight excluding hydrogens is 208 g/mol. The molecule has 0 aliphatic heterocycles. The van der Waals surface area contributed by atoms with Crippen molar-refractivity contribution in [1.82, 2.24) is 15.5 Å². The fourth-order valence-corrected chi connectivity index (χ4v) is 1.14. The van der Waals surface area contributed by atoms with Crippen LogP contribution in [-0.2, 0) is 6.54 Å². The van der Waals surface area contributed by atoms with Crippen LogP contribution >= 0.6 is 0 Å². The smallest absolute Gasteiger partial charge is 0.253 e. The number of pyridine rings is 1. The van der Waals surface area contributed by atoms with Gasteiger partial charge in [0, 0.05) is 12.3 Å². The Morgan fingerprint density at radius 1 is 1.44 bits per heavy atom. The molecule has 0 unspecified atom stereocenters. The Hall–Kier alpha value is -2.37. The molecule has 6 heteroatoms. The number of nitrogen functional groups attached to an aromatic ring is 1. The van der Waals surface area contributed by atoms with Gasteiger partial charge < -0.3 is 15.6 Å². The monoisotopic (exact) mass is 218 g/mol. The molecule has 0 aromatic carbocycles. The summed E-state index contributed by atoms with van der Waals surface area (Å²) in [6.07, 6.45) is 2.87. The van der Waals surface area contributed by atoms with E-state index in [-0.39, 0.29) is 5.91 Å². The van der Waals surface area contributed by atoms with Crippen molar-refractivity contribution in [2.24, 2.45) is 0 Å². The fraction of sp³-hybridized carbons (Fsp3) is 0.100. The molecule has 1 amide bonds. The van der Waals surface area contributed by atoms with Crippen molar-refractivity contribution >= 4 is 11.7 Å². The largest absolute Gasteiger partial charge is 0.384 e. The van der Waals surface area contributed by atoms with Gasteiger partial charge in [-0.05, 0) is 12.1 Å². The van der Waals surface area contributed by atoms with Crippen LogP contribution in [0, 0.1) is 0 Å². The highest BCUT2D eigenvalue weighted by atomic mass is 16.5. The van der Waals surface area contributed by atoms with E-state index in [0.29, 0.717) is 23.6 Å². The van der Waals surface area contributed by atoms with Gasteiger partial charge in [0.05, 0.1) is 12.1 Å². The Morgan fingerprint density at radius 2 is 2.31 bits per heavy atom. The van der Waals surface area contributed by atoms with Crippen molar-refractivity contribution in [3.8, 4) is 0 Å². The Balaban J connectivity index is 1.95. The van der Waals surface area contributed by atoms with Crippen molar-refractivity contribution in [1.29, 1.82) is 0 Å². The minimum absolute atomic E-state index is 0.226. The number of anilines is 1. The van der Waals surface area contributed by atoms with E-state index in [9.17, 15) is 4.79 Å². The number of nitrogens with zero attached hydrogens (tertiary/aromatic N) is 2. The number of carbonyl (C=O) groups is 1. The molecule has 0 fully saturated rings. The van der Waals surface area contributed by atoms with Gasteiger partial charge in [-0.1, -0.05) is 5.16 Å². The Labute approximate surface area is 91.5 Å². The summed E-state index contributed by atoms with van der Waals surface area (Å²) in [6, 6.07) is 4.87. The fourth-order valence-electron chi connectivity index (χ4n) is 1.14. The second kappa shape index (κ2) is 4.43. The summed E-state index contributed by atoms with van der Waals surface area (Å²) in [7, 11) is 0. The summed E-state index contributed by atoms with van der Waals surface area (Å²) >= 11 is 0. The van der Waals surface area contributed by atoms with Gasteiger partial charge >= 0.3 is 0 Å². The van der Waals surface area contributed by atoms with Gasteiger partial charge in [0.1, 0.15) is 17.8 Å². The van der Waals surface area contributed by atoms with Crippen molar-refractivity contribution < 1.29 is 9.32 Å². The molecule has 82 valence electrons. The molecule has 2 heterocycles. The molecule has 0 aliphatic carbocycles. The molecule has 0 radical (unpaired) electrons. The van der Waals surface area contributed by atoms with E-state index >= 15 is 0 Å². The first kappa shape index (κ1) is 10.2. The highest BCUT2D eigenvalue weighted by molar-refractivity contribution is 5.93. The second-order valence-electron chi connectivity index (χ2n) is 3.15. The zero-order valence-electron chi connectivity index (χ0n) is 8.38. The molecule has 0 bridgehead atoms. The van der Waals surface area contributed by atoms with Crippen LogP contribution in [0.5, 0.6) is 0 Å². The summed E-state index contributed by atoms with van der Waals surface area (Å²) in [5.41, 5.74) is 6.53. The summed E-state index contributed by atoms with van der Waals surface area (Å²) in [5, 5.41) is 6.35. The lowest BCUT2D eigenvalue weighted by molar-refractivity contribution is 0.0950. The quantitative estimate of drug-likeness (QED) is 0.785. The Bertz CT molecular complexity index is 464. The molecule has 0 saturated heterocycles. The number of hydrogen-bond donors (Lipinski definition) is 2. The number of rotatable bonds is 3. The highest BCUT2D eigenvalue weighted by Gasteiger charge is 2.06. The van der Waals surface area contributed by atoms with Gasteiger partial charge in [-0.2, -0.15) is 0 Å². The topological polar surface area (TPSA) is 94.0 Å². The third-order valence-electron chi connectivity index (χ3n) is 1.97. The SMILES string of the molecule is Nc1ccc(C(=O)NCc2ccon2)cn1. The molecule has 2 aromatic rings. The van der Waals surface area contributed by atoms with Gasteiger partial charge in [-0.15, -0.1) is 0 Å². The van der Waals surface area contributed by atoms with Crippen LogP contribution in [0.2, 0.25) is 0 Å². The molecule has 6 nitrogen and oxygen atoms in total. The molecule has 0 saturated carbocycles. The minimum Gasteiger partial charge on any atom is -0.384 e. The third-order valence-corrected chi connectivity index (χ3v) is 1.97.